The Morgan fingerprint density at radius 2 is 2.00 bits per heavy atom. The average Bonchev–Trinajstić information content (AvgIpc) is 3.00. The Kier molecular flexibility index (Phi) is 6.77. The van der Waals surface area contributed by atoms with Gasteiger partial charge in [0.15, 0.2) is 0 Å². The number of fused-ring (bicyclic) bond motifs is 1. The van der Waals surface area contributed by atoms with Crippen molar-refractivity contribution in [2.75, 3.05) is 6.54 Å². The van der Waals surface area contributed by atoms with Gasteiger partial charge in [-0.1, -0.05) is 24.3 Å². The number of nitrogens with one attached hydrogen (secondary N) is 2. The van der Waals surface area contributed by atoms with Crippen LogP contribution in [0.15, 0.2) is 48.7 Å². The maximum Gasteiger partial charge on any atom is 0.237 e. The smallest absolute Gasteiger partial charge is 0.237 e. The Labute approximate surface area is 158 Å². The number of rotatable bonds is 6. The summed E-state index contributed by atoms with van der Waals surface area (Å²) in [4.78, 5) is 15.4. The molecule has 0 unspecified atom stereocenters. The average molecular weight is 376 g/mol. The van der Waals surface area contributed by atoms with E-state index < -0.39 is 6.04 Å². The Morgan fingerprint density at radius 3 is 2.77 bits per heavy atom. The molecule has 2 aromatic carbocycles. The van der Waals surface area contributed by atoms with Crippen LogP contribution in [0.1, 0.15) is 16.7 Å². The molecule has 0 aliphatic rings. The molecule has 3 aromatic rings. The van der Waals surface area contributed by atoms with Crippen molar-refractivity contribution in [3.63, 3.8) is 0 Å². The van der Waals surface area contributed by atoms with Crippen LogP contribution in [0.2, 0.25) is 0 Å². The van der Waals surface area contributed by atoms with Gasteiger partial charge in [0.05, 0.1) is 6.04 Å². The first kappa shape index (κ1) is 19.9. The van der Waals surface area contributed by atoms with Crippen LogP contribution in [0.25, 0.3) is 10.9 Å². The third-order valence-electron chi connectivity index (χ3n) is 4.45. The fourth-order valence-electron chi connectivity index (χ4n) is 3.02. The molecule has 138 valence electrons. The number of aromatic nitrogens is 1. The lowest BCUT2D eigenvalue weighted by Gasteiger charge is -2.12. The fourth-order valence-corrected chi connectivity index (χ4v) is 3.02. The number of carbonyl (C=O) groups excluding carboxylic acids is 1. The van der Waals surface area contributed by atoms with Gasteiger partial charge in [0, 0.05) is 23.6 Å². The lowest BCUT2D eigenvalue weighted by molar-refractivity contribution is -0.122. The van der Waals surface area contributed by atoms with E-state index in [4.69, 9.17) is 5.73 Å². The van der Waals surface area contributed by atoms with Crippen molar-refractivity contribution in [2.24, 2.45) is 5.73 Å². The minimum absolute atomic E-state index is 0. The van der Waals surface area contributed by atoms with Crippen molar-refractivity contribution in [3.8, 4) is 0 Å². The van der Waals surface area contributed by atoms with Gasteiger partial charge in [-0.3, -0.25) is 4.79 Å². The molecule has 0 spiro atoms. The van der Waals surface area contributed by atoms with Crippen LogP contribution in [0.5, 0.6) is 0 Å². The van der Waals surface area contributed by atoms with Gasteiger partial charge in [0.1, 0.15) is 5.82 Å². The number of carbonyl (C=O) groups is 1. The molecule has 3 rings (SSSR count). The minimum atomic E-state index is -0.603. The van der Waals surface area contributed by atoms with Crippen LogP contribution in [0, 0.1) is 12.7 Å². The highest BCUT2D eigenvalue weighted by Crippen LogP contribution is 2.18. The Balaban J connectivity index is 0.00000243. The standard InChI is InChI=1S/C20H22FN3O.ClH/c1-13-10-16(21)7-6-14(13)8-9-23-20(25)18(22)11-15-12-24-19-5-3-2-4-17(15)19;/h2-7,10,12,18,24H,8-9,11,22H2,1H3,(H,23,25);1H/t18-;/m0./s1. The second-order valence-electron chi connectivity index (χ2n) is 6.28. The fraction of sp³-hybridized carbons (Fsp3) is 0.250. The molecular weight excluding hydrogens is 353 g/mol. The normalized spacial score (nSPS) is 11.8. The summed E-state index contributed by atoms with van der Waals surface area (Å²) in [6.45, 7) is 2.34. The summed E-state index contributed by atoms with van der Waals surface area (Å²) in [5.74, 6) is -0.420. The number of hydrogen-bond donors (Lipinski definition) is 3. The highest BCUT2D eigenvalue weighted by Gasteiger charge is 2.15. The van der Waals surface area contributed by atoms with Crippen LogP contribution in [-0.2, 0) is 17.6 Å². The largest absolute Gasteiger partial charge is 0.361 e. The van der Waals surface area contributed by atoms with Gasteiger partial charge < -0.3 is 16.0 Å². The van der Waals surface area contributed by atoms with Gasteiger partial charge in [-0.2, -0.15) is 0 Å². The van der Waals surface area contributed by atoms with Gasteiger partial charge >= 0.3 is 0 Å². The van der Waals surface area contributed by atoms with E-state index in [2.05, 4.69) is 10.3 Å². The van der Waals surface area contributed by atoms with E-state index in [1.165, 1.54) is 12.1 Å². The first-order chi connectivity index (χ1) is 12.0. The number of amides is 1. The monoisotopic (exact) mass is 375 g/mol. The third-order valence-corrected chi connectivity index (χ3v) is 4.45. The summed E-state index contributed by atoms with van der Waals surface area (Å²) in [5.41, 5.74) is 10.0. The number of benzene rings is 2. The highest BCUT2D eigenvalue weighted by atomic mass is 35.5. The summed E-state index contributed by atoms with van der Waals surface area (Å²) in [5, 5.41) is 3.96. The molecule has 0 aliphatic heterocycles. The first-order valence-electron chi connectivity index (χ1n) is 8.38. The van der Waals surface area contributed by atoms with Gasteiger partial charge in [-0.15, -0.1) is 12.4 Å². The topological polar surface area (TPSA) is 70.9 Å². The van der Waals surface area contributed by atoms with Crippen LogP contribution in [-0.4, -0.2) is 23.5 Å². The lowest BCUT2D eigenvalue weighted by Crippen LogP contribution is -2.42. The van der Waals surface area contributed by atoms with Crippen molar-refractivity contribution in [1.82, 2.24) is 10.3 Å². The second kappa shape index (κ2) is 8.83. The summed E-state index contributed by atoms with van der Waals surface area (Å²) < 4.78 is 13.1. The van der Waals surface area contributed by atoms with Crippen LogP contribution in [0.4, 0.5) is 4.39 Å². The van der Waals surface area contributed by atoms with E-state index in [1.807, 2.05) is 37.4 Å². The SMILES string of the molecule is Cc1cc(F)ccc1CCNC(=O)[C@@H](N)Cc1c[nH]c2ccccc12.Cl. The quantitative estimate of drug-likeness (QED) is 0.618. The van der Waals surface area contributed by atoms with Crippen LogP contribution in [0.3, 0.4) is 0 Å². The van der Waals surface area contributed by atoms with Crippen molar-refractivity contribution in [1.29, 1.82) is 0 Å². The molecule has 0 radical (unpaired) electrons. The maximum absolute atomic E-state index is 13.1. The summed E-state index contributed by atoms with van der Waals surface area (Å²) in [7, 11) is 0. The third kappa shape index (κ3) is 4.62. The van der Waals surface area contributed by atoms with Crippen molar-refractivity contribution in [2.45, 2.75) is 25.8 Å². The Hall–Kier alpha value is -2.37. The molecule has 1 atom stereocenters. The zero-order valence-corrected chi connectivity index (χ0v) is 15.4. The number of nitrogens with two attached hydrogens (primary N) is 1. The lowest BCUT2D eigenvalue weighted by atomic mass is 10.0. The zero-order chi connectivity index (χ0) is 17.8. The first-order valence-corrected chi connectivity index (χ1v) is 8.38. The molecule has 0 bridgehead atoms. The minimum Gasteiger partial charge on any atom is -0.361 e. The van der Waals surface area contributed by atoms with Crippen LogP contribution >= 0.6 is 12.4 Å². The predicted molar refractivity (Wildman–Crippen MR) is 105 cm³/mol. The molecule has 4 nitrogen and oxygen atoms in total. The Morgan fingerprint density at radius 1 is 1.23 bits per heavy atom. The number of aryl methyl sites for hydroxylation is 1. The second-order valence-corrected chi connectivity index (χ2v) is 6.28. The highest BCUT2D eigenvalue weighted by molar-refractivity contribution is 5.86. The Bertz CT molecular complexity index is 894. The summed E-state index contributed by atoms with van der Waals surface area (Å²) >= 11 is 0. The number of halogens is 2. The van der Waals surface area contributed by atoms with Gasteiger partial charge in [0.2, 0.25) is 5.91 Å². The number of H-pyrrole nitrogens is 1. The van der Waals surface area contributed by atoms with Crippen molar-refractivity contribution >= 4 is 29.2 Å². The van der Waals surface area contributed by atoms with E-state index in [1.54, 1.807) is 6.07 Å². The van der Waals surface area contributed by atoms with Gasteiger partial charge in [0.25, 0.3) is 0 Å². The molecular formula is C20H23ClFN3O. The van der Waals surface area contributed by atoms with Gasteiger partial charge in [-0.05, 0) is 54.7 Å². The van der Waals surface area contributed by atoms with Crippen molar-refractivity contribution in [3.05, 3.63) is 71.2 Å². The number of hydrogen-bond acceptors (Lipinski definition) is 2. The molecule has 4 N–H and O–H groups in total. The molecule has 0 saturated heterocycles. The molecule has 1 amide bonds. The molecule has 1 heterocycles. The van der Waals surface area contributed by atoms with E-state index in [0.717, 1.165) is 27.6 Å². The molecule has 1 aromatic heterocycles. The summed E-state index contributed by atoms with van der Waals surface area (Å²) in [6.07, 6.45) is 3.03. The van der Waals surface area contributed by atoms with E-state index in [9.17, 15) is 9.18 Å². The summed E-state index contributed by atoms with van der Waals surface area (Å²) in [6, 6.07) is 12.0. The maximum atomic E-state index is 13.1. The molecule has 0 fully saturated rings. The predicted octanol–water partition coefficient (Wildman–Crippen LogP) is 3.27. The van der Waals surface area contributed by atoms with E-state index in [-0.39, 0.29) is 24.1 Å². The molecule has 26 heavy (non-hydrogen) atoms. The zero-order valence-electron chi connectivity index (χ0n) is 14.6. The molecule has 0 aliphatic carbocycles. The van der Waals surface area contributed by atoms with E-state index >= 15 is 0 Å². The van der Waals surface area contributed by atoms with E-state index in [0.29, 0.717) is 19.4 Å². The van der Waals surface area contributed by atoms with Gasteiger partial charge in [-0.25, -0.2) is 4.39 Å². The number of para-hydroxylation sites is 1. The van der Waals surface area contributed by atoms with Crippen LogP contribution < -0.4 is 11.1 Å². The molecule has 0 saturated carbocycles. The molecule has 6 heteroatoms. The number of aromatic amines is 1. The van der Waals surface area contributed by atoms with Crippen molar-refractivity contribution < 1.29 is 9.18 Å².